The van der Waals surface area contributed by atoms with Crippen LogP contribution in [0.5, 0.6) is 5.75 Å². The molecule has 0 atom stereocenters. The smallest absolute Gasteiger partial charge is 0.338 e. The lowest BCUT2D eigenvalue weighted by molar-refractivity contribution is -0.121. The van der Waals surface area contributed by atoms with E-state index < -0.39 is 24.1 Å². The summed E-state index contributed by atoms with van der Waals surface area (Å²) in [6.07, 6.45) is 0. The molecule has 0 aliphatic rings. The average molecular weight is 367 g/mol. The van der Waals surface area contributed by atoms with Crippen molar-refractivity contribution in [1.82, 2.24) is 0 Å². The number of ether oxygens (including phenoxy) is 2. The zero-order chi connectivity index (χ0) is 19.4. The third-order valence-corrected chi connectivity index (χ3v) is 3.86. The van der Waals surface area contributed by atoms with E-state index in [2.05, 4.69) is 0 Å². The minimum atomic E-state index is -0.713. The maximum atomic E-state index is 11.7. The van der Waals surface area contributed by atoms with Crippen LogP contribution in [0.25, 0.3) is 11.0 Å². The summed E-state index contributed by atoms with van der Waals surface area (Å²) in [6, 6.07) is 13.3. The van der Waals surface area contributed by atoms with Gasteiger partial charge >= 0.3 is 11.6 Å². The summed E-state index contributed by atoms with van der Waals surface area (Å²) in [4.78, 5) is 33.8. The second-order valence-corrected chi connectivity index (χ2v) is 5.93. The van der Waals surface area contributed by atoms with Crippen LogP contribution in [0.2, 0.25) is 0 Å². The number of hydrogen-bond acceptors (Lipinski definition) is 6. The Kier molecular flexibility index (Phi) is 5.21. The average Bonchev–Trinajstić information content (AvgIpc) is 2.64. The summed E-state index contributed by atoms with van der Waals surface area (Å²) in [5.74, 6) is -0.780. The lowest BCUT2D eigenvalue weighted by Gasteiger charge is -2.08. The monoisotopic (exact) mass is 367 g/mol. The minimum absolute atomic E-state index is 0.262. The Balaban J connectivity index is 1.66. The van der Waals surface area contributed by atoms with E-state index >= 15 is 0 Å². The standard InChI is InChI=1S/C20H17NO6/c1-12-8-19(23)27-17-9-15(6-7-16(12)17)25-10-13-2-4-14(5-3-13)20(24)26-11-18(21)22/h2-9H,10-11H2,1H3,(H2,21,22). The molecule has 0 saturated heterocycles. The molecule has 0 aliphatic carbocycles. The van der Waals surface area contributed by atoms with Crippen LogP contribution in [0.3, 0.4) is 0 Å². The number of amides is 1. The Bertz CT molecular complexity index is 1050. The molecule has 0 radical (unpaired) electrons. The predicted molar refractivity (Wildman–Crippen MR) is 97.5 cm³/mol. The summed E-state index contributed by atoms with van der Waals surface area (Å²) in [5.41, 5.74) is 6.96. The number of aryl methyl sites for hydroxylation is 1. The Morgan fingerprint density at radius 3 is 2.52 bits per heavy atom. The van der Waals surface area contributed by atoms with Crippen molar-refractivity contribution >= 4 is 22.8 Å². The number of esters is 1. The van der Waals surface area contributed by atoms with Gasteiger partial charge in [0.25, 0.3) is 5.91 Å². The first-order valence-electron chi connectivity index (χ1n) is 8.14. The number of fused-ring (bicyclic) bond motifs is 1. The van der Waals surface area contributed by atoms with Crippen molar-refractivity contribution in [1.29, 1.82) is 0 Å². The minimum Gasteiger partial charge on any atom is -0.489 e. The Hall–Kier alpha value is -3.61. The molecule has 0 bridgehead atoms. The Labute approximate surface area is 154 Å². The van der Waals surface area contributed by atoms with Crippen molar-refractivity contribution in [3.63, 3.8) is 0 Å². The van der Waals surface area contributed by atoms with Crippen LogP contribution >= 0.6 is 0 Å². The molecule has 0 aliphatic heterocycles. The van der Waals surface area contributed by atoms with Crippen LogP contribution in [0, 0.1) is 6.92 Å². The van der Waals surface area contributed by atoms with Crippen molar-refractivity contribution in [2.24, 2.45) is 5.73 Å². The van der Waals surface area contributed by atoms with Gasteiger partial charge in [-0.3, -0.25) is 4.79 Å². The number of benzene rings is 2. The van der Waals surface area contributed by atoms with E-state index in [1.54, 1.807) is 36.4 Å². The summed E-state index contributed by atoms with van der Waals surface area (Å²) in [5, 5.41) is 0.848. The third kappa shape index (κ3) is 4.52. The highest BCUT2D eigenvalue weighted by Crippen LogP contribution is 2.23. The highest BCUT2D eigenvalue weighted by Gasteiger charge is 2.09. The van der Waals surface area contributed by atoms with Gasteiger partial charge in [0.15, 0.2) is 6.61 Å². The summed E-state index contributed by atoms with van der Waals surface area (Å²) < 4.78 is 15.7. The molecule has 7 nitrogen and oxygen atoms in total. The van der Waals surface area contributed by atoms with Crippen molar-refractivity contribution in [2.75, 3.05) is 6.61 Å². The fourth-order valence-electron chi connectivity index (χ4n) is 2.52. The Morgan fingerprint density at radius 1 is 1.07 bits per heavy atom. The van der Waals surface area contributed by atoms with Gasteiger partial charge < -0.3 is 19.6 Å². The van der Waals surface area contributed by atoms with E-state index in [1.165, 1.54) is 6.07 Å². The van der Waals surface area contributed by atoms with E-state index in [1.807, 2.05) is 13.0 Å². The number of carbonyl (C=O) groups excluding carboxylic acids is 2. The van der Waals surface area contributed by atoms with Gasteiger partial charge in [0.2, 0.25) is 0 Å². The lowest BCUT2D eigenvalue weighted by atomic mass is 10.1. The van der Waals surface area contributed by atoms with Crippen LogP contribution < -0.4 is 16.1 Å². The summed E-state index contributed by atoms with van der Waals surface area (Å²) in [6.45, 7) is 1.65. The molecule has 27 heavy (non-hydrogen) atoms. The van der Waals surface area contributed by atoms with E-state index in [9.17, 15) is 14.4 Å². The molecule has 0 saturated carbocycles. The maximum Gasteiger partial charge on any atom is 0.338 e. The molecule has 1 amide bonds. The molecule has 0 fully saturated rings. The van der Waals surface area contributed by atoms with Crippen molar-refractivity contribution in [2.45, 2.75) is 13.5 Å². The van der Waals surface area contributed by atoms with E-state index in [4.69, 9.17) is 19.6 Å². The van der Waals surface area contributed by atoms with Crippen LogP contribution in [0.4, 0.5) is 0 Å². The predicted octanol–water partition coefficient (Wildman–Crippen LogP) is 2.32. The molecule has 0 unspecified atom stereocenters. The normalized spacial score (nSPS) is 10.6. The topological polar surface area (TPSA) is 109 Å². The zero-order valence-electron chi connectivity index (χ0n) is 14.6. The molecule has 2 N–H and O–H groups in total. The first-order chi connectivity index (χ1) is 12.9. The molecule has 3 rings (SSSR count). The van der Waals surface area contributed by atoms with Gasteiger partial charge in [-0.1, -0.05) is 12.1 Å². The molecule has 138 valence electrons. The lowest BCUT2D eigenvalue weighted by Crippen LogP contribution is -2.20. The van der Waals surface area contributed by atoms with Gasteiger partial charge in [0.1, 0.15) is 17.9 Å². The molecule has 1 heterocycles. The molecule has 0 spiro atoms. The first kappa shape index (κ1) is 18.2. The number of rotatable bonds is 6. The molecular weight excluding hydrogens is 350 g/mol. The zero-order valence-corrected chi connectivity index (χ0v) is 14.6. The summed E-state index contributed by atoms with van der Waals surface area (Å²) >= 11 is 0. The second-order valence-electron chi connectivity index (χ2n) is 5.93. The number of carbonyl (C=O) groups is 2. The second kappa shape index (κ2) is 7.74. The highest BCUT2D eigenvalue weighted by molar-refractivity contribution is 5.91. The molecule has 1 aromatic heterocycles. The van der Waals surface area contributed by atoms with Gasteiger partial charge in [-0.2, -0.15) is 0 Å². The Morgan fingerprint density at radius 2 is 1.81 bits per heavy atom. The highest BCUT2D eigenvalue weighted by atomic mass is 16.5. The fraction of sp³-hybridized carbons (Fsp3) is 0.150. The maximum absolute atomic E-state index is 11.7. The third-order valence-electron chi connectivity index (χ3n) is 3.86. The van der Waals surface area contributed by atoms with Crippen LogP contribution in [0.1, 0.15) is 21.5 Å². The molecule has 2 aromatic carbocycles. The van der Waals surface area contributed by atoms with Crippen LogP contribution in [-0.2, 0) is 16.1 Å². The van der Waals surface area contributed by atoms with Crippen molar-refractivity contribution < 1.29 is 23.5 Å². The largest absolute Gasteiger partial charge is 0.489 e. The van der Waals surface area contributed by atoms with Crippen molar-refractivity contribution in [3.05, 3.63) is 75.6 Å². The molecule has 7 heteroatoms. The first-order valence-corrected chi connectivity index (χ1v) is 8.14. The number of hydrogen-bond donors (Lipinski definition) is 1. The van der Waals surface area contributed by atoms with Gasteiger partial charge in [-0.05, 0) is 42.3 Å². The van der Waals surface area contributed by atoms with E-state index in [-0.39, 0.29) is 6.61 Å². The fourth-order valence-corrected chi connectivity index (χ4v) is 2.52. The van der Waals surface area contributed by atoms with Crippen LogP contribution in [-0.4, -0.2) is 18.5 Å². The van der Waals surface area contributed by atoms with Crippen LogP contribution in [0.15, 0.2) is 57.7 Å². The van der Waals surface area contributed by atoms with Gasteiger partial charge in [-0.15, -0.1) is 0 Å². The quantitative estimate of drug-likeness (QED) is 0.529. The van der Waals surface area contributed by atoms with E-state index in [0.717, 1.165) is 16.5 Å². The molecular formula is C20H17NO6. The summed E-state index contributed by atoms with van der Waals surface area (Å²) in [7, 11) is 0. The van der Waals surface area contributed by atoms with E-state index in [0.29, 0.717) is 16.9 Å². The van der Waals surface area contributed by atoms with Crippen molar-refractivity contribution in [3.8, 4) is 5.75 Å². The van der Waals surface area contributed by atoms with Gasteiger partial charge in [0.05, 0.1) is 5.56 Å². The number of nitrogens with two attached hydrogens (primary N) is 1. The van der Waals surface area contributed by atoms with Gasteiger partial charge in [0, 0.05) is 17.5 Å². The number of primary amides is 1. The SMILES string of the molecule is Cc1cc(=O)oc2cc(OCc3ccc(C(=O)OCC(N)=O)cc3)ccc12. The molecule has 3 aromatic rings. The van der Waals surface area contributed by atoms with Gasteiger partial charge in [-0.25, -0.2) is 9.59 Å².